The molecule has 154 valence electrons. The largest absolute Gasteiger partial charge is 0.0885 e. The van der Waals surface area contributed by atoms with Crippen molar-refractivity contribution in [2.45, 2.75) is 142 Å². The average molecular weight is 363 g/mol. The first-order chi connectivity index (χ1) is 12.9. The van der Waals surface area contributed by atoms with Gasteiger partial charge in [0.1, 0.15) is 0 Å². The first kappa shape index (κ1) is 25.5. The lowest BCUT2D eigenvalue weighted by atomic mass is 10.0. The summed E-state index contributed by atoms with van der Waals surface area (Å²) in [5.74, 6) is 0. The van der Waals surface area contributed by atoms with Gasteiger partial charge in [0.05, 0.1) is 0 Å². The minimum Gasteiger partial charge on any atom is -0.0885 e. The van der Waals surface area contributed by atoms with Crippen molar-refractivity contribution in [3.05, 3.63) is 24.3 Å². The number of unbranched alkanes of at least 4 members (excludes halogenated alkanes) is 17. The first-order valence-corrected chi connectivity index (χ1v) is 12.2. The second-order valence-corrected chi connectivity index (χ2v) is 8.05. The Morgan fingerprint density at radius 2 is 0.538 bits per heavy atom. The van der Waals surface area contributed by atoms with E-state index in [1.165, 1.54) is 128 Å². The highest BCUT2D eigenvalue weighted by Crippen LogP contribution is 2.12. The van der Waals surface area contributed by atoms with E-state index in [0.29, 0.717) is 0 Å². The second-order valence-electron chi connectivity index (χ2n) is 8.05. The summed E-state index contributed by atoms with van der Waals surface area (Å²) in [6.07, 6.45) is 37.4. The zero-order chi connectivity index (χ0) is 19.0. The molecule has 0 saturated heterocycles. The van der Waals surface area contributed by atoms with Crippen molar-refractivity contribution in [1.29, 1.82) is 0 Å². The smallest absolute Gasteiger partial charge is 0.0351 e. The van der Waals surface area contributed by atoms with Gasteiger partial charge in [-0.15, -0.1) is 0 Å². The van der Waals surface area contributed by atoms with E-state index < -0.39 is 0 Å². The highest BCUT2D eigenvalue weighted by Gasteiger charge is 1.93. The lowest BCUT2D eigenvalue weighted by Crippen LogP contribution is -1.82. The number of allylic oxidation sites excluding steroid dienone is 4. The molecule has 0 aliphatic carbocycles. The molecule has 0 bridgehead atoms. The molecule has 0 spiro atoms. The van der Waals surface area contributed by atoms with Crippen LogP contribution in [-0.2, 0) is 0 Å². The van der Waals surface area contributed by atoms with E-state index >= 15 is 0 Å². The van der Waals surface area contributed by atoms with Crippen LogP contribution in [0, 0.1) is 0 Å². The van der Waals surface area contributed by atoms with Crippen LogP contribution in [-0.4, -0.2) is 0 Å². The maximum atomic E-state index is 2.41. The van der Waals surface area contributed by atoms with Crippen LogP contribution < -0.4 is 0 Å². The van der Waals surface area contributed by atoms with Crippen LogP contribution in [0.3, 0.4) is 0 Å². The maximum Gasteiger partial charge on any atom is -0.0351 e. The normalized spacial score (nSPS) is 11.9. The summed E-state index contributed by atoms with van der Waals surface area (Å²) in [5, 5.41) is 0. The van der Waals surface area contributed by atoms with Crippen LogP contribution in [0.1, 0.15) is 142 Å². The predicted octanol–water partition coefficient (Wildman–Crippen LogP) is 9.94. The van der Waals surface area contributed by atoms with E-state index in [1.807, 2.05) is 0 Å². The van der Waals surface area contributed by atoms with Gasteiger partial charge < -0.3 is 0 Å². The van der Waals surface area contributed by atoms with Gasteiger partial charge in [0.25, 0.3) is 0 Å². The molecule has 0 aromatic heterocycles. The zero-order valence-corrected chi connectivity index (χ0v) is 18.5. The summed E-state index contributed by atoms with van der Waals surface area (Å²) in [6.45, 7) is 4.55. The summed E-state index contributed by atoms with van der Waals surface area (Å²) >= 11 is 0. The molecule has 0 heterocycles. The van der Waals surface area contributed by atoms with E-state index in [9.17, 15) is 0 Å². The predicted molar refractivity (Wildman–Crippen MR) is 122 cm³/mol. The molecule has 0 amide bonds. The fraction of sp³-hybridized carbons (Fsp3) is 0.846. The SMILES string of the molecule is CCCCC/C=C\CCCCCCCCCCCC/C=C\CCCCC. The number of hydrogen-bond donors (Lipinski definition) is 0. The quantitative estimate of drug-likeness (QED) is 0.141. The third-order valence-corrected chi connectivity index (χ3v) is 5.27. The van der Waals surface area contributed by atoms with Crippen molar-refractivity contribution in [3.8, 4) is 0 Å². The topological polar surface area (TPSA) is 0 Å². The molecule has 0 unspecified atom stereocenters. The highest BCUT2D eigenvalue weighted by atomic mass is 14.0. The molecule has 0 heteroatoms. The van der Waals surface area contributed by atoms with Crippen LogP contribution in [0.4, 0.5) is 0 Å². The molecule has 0 atom stereocenters. The van der Waals surface area contributed by atoms with Gasteiger partial charge in [-0.25, -0.2) is 0 Å². The molecule has 0 N–H and O–H groups in total. The molecular weight excluding hydrogens is 312 g/mol. The van der Waals surface area contributed by atoms with E-state index in [2.05, 4.69) is 38.2 Å². The Kier molecular flexibility index (Phi) is 24.0. The molecular formula is C26H50. The standard InChI is InChI=1S/C26H50/c1-3-5-7-9-11-13-15-17-19-21-23-25-26-24-22-20-18-16-14-12-10-8-6-4-2/h11-14H,3-10,15-26H2,1-2H3/b13-11-,14-12-. The Labute approximate surface area is 166 Å². The fourth-order valence-electron chi connectivity index (χ4n) is 3.43. The number of hydrogen-bond acceptors (Lipinski definition) is 0. The molecule has 0 fully saturated rings. The van der Waals surface area contributed by atoms with Gasteiger partial charge in [-0.2, -0.15) is 0 Å². The third kappa shape index (κ3) is 23.5. The van der Waals surface area contributed by atoms with Crippen LogP contribution >= 0.6 is 0 Å². The number of rotatable bonds is 21. The molecule has 0 aliphatic heterocycles. The van der Waals surface area contributed by atoms with Gasteiger partial charge in [-0.05, 0) is 51.4 Å². The van der Waals surface area contributed by atoms with Crippen molar-refractivity contribution in [3.63, 3.8) is 0 Å². The van der Waals surface area contributed by atoms with Crippen LogP contribution in [0.5, 0.6) is 0 Å². The monoisotopic (exact) mass is 362 g/mol. The van der Waals surface area contributed by atoms with Crippen molar-refractivity contribution in [2.24, 2.45) is 0 Å². The lowest BCUT2D eigenvalue weighted by Gasteiger charge is -2.02. The Morgan fingerprint density at radius 1 is 0.308 bits per heavy atom. The summed E-state index contributed by atoms with van der Waals surface area (Å²) in [6, 6.07) is 0. The van der Waals surface area contributed by atoms with Crippen molar-refractivity contribution in [2.75, 3.05) is 0 Å². The van der Waals surface area contributed by atoms with Gasteiger partial charge in [0.15, 0.2) is 0 Å². The molecule has 0 aliphatic rings. The molecule has 0 aromatic carbocycles. The van der Waals surface area contributed by atoms with Crippen molar-refractivity contribution >= 4 is 0 Å². The highest BCUT2D eigenvalue weighted by molar-refractivity contribution is 4.81. The Morgan fingerprint density at radius 3 is 0.808 bits per heavy atom. The van der Waals surface area contributed by atoms with Crippen molar-refractivity contribution < 1.29 is 0 Å². The molecule has 0 rings (SSSR count). The zero-order valence-electron chi connectivity index (χ0n) is 18.5. The van der Waals surface area contributed by atoms with Crippen LogP contribution in [0.25, 0.3) is 0 Å². The molecule has 0 radical (unpaired) electrons. The minimum atomic E-state index is 1.29. The fourth-order valence-corrected chi connectivity index (χ4v) is 3.43. The van der Waals surface area contributed by atoms with Gasteiger partial charge in [-0.3, -0.25) is 0 Å². The summed E-state index contributed by atoms with van der Waals surface area (Å²) < 4.78 is 0. The Hall–Kier alpha value is -0.520. The van der Waals surface area contributed by atoms with E-state index in [-0.39, 0.29) is 0 Å². The molecule has 0 saturated carbocycles. The Bertz CT molecular complexity index is 256. The third-order valence-electron chi connectivity index (χ3n) is 5.27. The van der Waals surface area contributed by atoms with Crippen molar-refractivity contribution in [1.82, 2.24) is 0 Å². The average Bonchev–Trinajstić information content (AvgIpc) is 2.66. The van der Waals surface area contributed by atoms with E-state index in [1.54, 1.807) is 0 Å². The van der Waals surface area contributed by atoms with Gasteiger partial charge in [0.2, 0.25) is 0 Å². The second kappa shape index (κ2) is 24.5. The first-order valence-electron chi connectivity index (χ1n) is 12.2. The van der Waals surface area contributed by atoms with Crippen LogP contribution in [0.15, 0.2) is 24.3 Å². The van der Waals surface area contributed by atoms with E-state index in [0.717, 1.165) is 0 Å². The lowest BCUT2D eigenvalue weighted by molar-refractivity contribution is 0.553. The summed E-state index contributed by atoms with van der Waals surface area (Å²) in [7, 11) is 0. The molecule has 0 aromatic rings. The summed E-state index contributed by atoms with van der Waals surface area (Å²) in [5.41, 5.74) is 0. The molecule has 26 heavy (non-hydrogen) atoms. The minimum absolute atomic E-state index is 1.29. The molecule has 0 nitrogen and oxygen atoms in total. The van der Waals surface area contributed by atoms with Crippen LogP contribution in [0.2, 0.25) is 0 Å². The van der Waals surface area contributed by atoms with E-state index in [4.69, 9.17) is 0 Å². The van der Waals surface area contributed by atoms with Gasteiger partial charge >= 0.3 is 0 Å². The maximum absolute atomic E-state index is 2.41. The van der Waals surface area contributed by atoms with Gasteiger partial charge in [-0.1, -0.05) is 115 Å². The summed E-state index contributed by atoms with van der Waals surface area (Å²) in [4.78, 5) is 0. The Balaban J connectivity index is 3.07. The van der Waals surface area contributed by atoms with Gasteiger partial charge in [0, 0.05) is 0 Å².